The zero-order chi connectivity index (χ0) is 17.4. The van der Waals surface area contributed by atoms with Gasteiger partial charge in [0.15, 0.2) is 0 Å². The van der Waals surface area contributed by atoms with E-state index in [1.165, 1.54) is 12.1 Å². The maximum absolute atomic E-state index is 11.2. The Labute approximate surface area is 148 Å². The average molecular weight is 368 g/mol. The minimum absolute atomic E-state index is 0.176. The van der Waals surface area contributed by atoms with E-state index in [0.29, 0.717) is 11.0 Å². The second kappa shape index (κ2) is 6.03. The van der Waals surface area contributed by atoms with Crippen molar-refractivity contribution in [3.63, 3.8) is 0 Å². The van der Waals surface area contributed by atoms with Crippen LogP contribution in [0.3, 0.4) is 0 Å². The molecule has 1 N–H and O–H groups in total. The molecular formula is C18H12N2O3S2. The lowest BCUT2D eigenvalue weighted by Crippen LogP contribution is -2.01. The number of aromatic nitrogens is 1. The van der Waals surface area contributed by atoms with Gasteiger partial charge in [0.05, 0.1) is 36.7 Å². The van der Waals surface area contributed by atoms with Crippen molar-refractivity contribution in [1.82, 2.24) is 4.98 Å². The lowest BCUT2D eigenvalue weighted by Gasteiger charge is -2.05. The van der Waals surface area contributed by atoms with E-state index in [2.05, 4.69) is 9.98 Å². The number of benzene rings is 3. The van der Waals surface area contributed by atoms with Crippen LogP contribution in [0.4, 0.5) is 5.69 Å². The molecule has 2 aromatic carbocycles. The molecular weight excluding hydrogens is 356 g/mol. The Balaban J connectivity index is 1.86. The van der Waals surface area contributed by atoms with Gasteiger partial charge < -0.3 is 0 Å². The topological polar surface area (TPSA) is 79.6 Å². The van der Waals surface area contributed by atoms with E-state index >= 15 is 0 Å². The second-order valence-corrected chi connectivity index (χ2v) is 7.92. The molecule has 0 saturated heterocycles. The molecule has 1 heterocycles. The zero-order valence-electron chi connectivity index (χ0n) is 12.8. The van der Waals surface area contributed by atoms with Crippen LogP contribution < -0.4 is 5.36 Å². The molecule has 4 rings (SSSR count). The van der Waals surface area contributed by atoms with Gasteiger partial charge in [0.2, 0.25) is 0 Å². The third-order valence-corrected chi connectivity index (χ3v) is 5.60. The van der Waals surface area contributed by atoms with E-state index in [9.17, 15) is 8.42 Å². The van der Waals surface area contributed by atoms with Gasteiger partial charge in [-0.25, -0.2) is 9.98 Å². The standard InChI is InChI=1S/C18H12N2O3S2/c21-25(22,23)14-5-3-4-12(10-14)19-13-8-9-16-18(11-13)24-17-7-2-1-6-15(17)20-16/h1-11H,(H,21,22,23)/b19-13+. The maximum Gasteiger partial charge on any atom is 0.294 e. The van der Waals surface area contributed by atoms with Crippen LogP contribution in [0.1, 0.15) is 0 Å². The SMILES string of the molecule is O=S(=O)(O)c1cccc(/N=c2\ccc3nc4ccccc4sc-3c2)c1. The summed E-state index contributed by atoms with van der Waals surface area (Å²) in [5.41, 5.74) is 2.29. The summed E-state index contributed by atoms with van der Waals surface area (Å²) < 4.78 is 32.7. The van der Waals surface area contributed by atoms with Crippen molar-refractivity contribution in [2.45, 2.75) is 4.90 Å². The fourth-order valence-electron chi connectivity index (χ4n) is 2.49. The van der Waals surface area contributed by atoms with Gasteiger partial charge in [-0.15, -0.1) is 11.3 Å². The molecule has 0 spiro atoms. The molecule has 7 heteroatoms. The summed E-state index contributed by atoms with van der Waals surface area (Å²) >= 11 is 1.63. The van der Waals surface area contributed by atoms with Crippen molar-refractivity contribution < 1.29 is 13.0 Å². The first kappa shape index (κ1) is 15.9. The molecule has 0 unspecified atom stereocenters. The molecule has 0 atom stereocenters. The molecule has 25 heavy (non-hydrogen) atoms. The van der Waals surface area contributed by atoms with Gasteiger partial charge in [0.25, 0.3) is 10.1 Å². The van der Waals surface area contributed by atoms with Crippen LogP contribution in [0.2, 0.25) is 0 Å². The highest BCUT2D eigenvalue weighted by molar-refractivity contribution is 7.85. The zero-order valence-corrected chi connectivity index (χ0v) is 14.5. The van der Waals surface area contributed by atoms with E-state index in [-0.39, 0.29) is 4.90 Å². The lowest BCUT2D eigenvalue weighted by molar-refractivity contribution is 0.483. The molecule has 1 aliphatic carbocycles. The molecule has 2 aromatic rings. The quantitative estimate of drug-likeness (QED) is 0.430. The Morgan fingerprint density at radius 1 is 0.960 bits per heavy atom. The van der Waals surface area contributed by atoms with Crippen LogP contribution in [-0.4, -0.2) is 18.0 Å². The molecule has 0 bridgehead atoms. The Bertz CT molecular complexity index is 1230. The minimum atomic E-state index is -4.24. The maximum atomic E-state index is 11.2. The number of hydrogen-bond donors (Lipinski definition) is 1. The Kier molecular flexibility index (Phi) is 3.84. The van der Waals surface area contributed by atoms with Gasteiger partial charge in [-0.1, -0.05) is 18.2 Å². The first-order valence-electron chi connectivity index (χ1n) is 7.41. The van der Waals surface area contributed by atoms with Crippen LogP contribution in [0.5, 0.6) is 0 Å². The summed E-state index contributed by atoms with van der Waals surface area (Å²) in [7, 11) is -4.24. The Hall–Kier alpha value is -2.61. The van der Waals surface area contributed by atoms with Crippen molar-refractivity contribution in [1.29, 1.82) is 0 Å². The largest absolute Gasteiger partial charge is 0.294 e. The Morgan fingerprint density at radius 2 is 1.80 bits per heavy atom. The highest BCUT2D eigenvalue weighted by Gasteiger charge is 2.09. The van der Waals surface area contributed by atoms with Gasteiger partial charge >= 0.3 is 0 Å². The summed E-state index contributed by atoms with van der Waals surface area (Å²) in [6.07, 6.45) is 0. The first-order chi connectivity index (χ1) is 12.0. The summed E-state index contributed by atoms with van der Waals surface area (Å²) in [6, 6.07) is 19.5. The molecule has 0 saturated carbocycles. The number of nitrogens with zero attached hydrogens (tertiary/aromatic N) is 2. The highest BCUT2D eigenvalue weighted by atomic mass is 32.2. The second-order valence-electron chi connectivity index (χ2n) is 5.42. The van der Waals surface area contributed by atoms with Gasteiger partial charge in [0, 0.05) is 0 Å². The van der Waals surface area contributed by atoms with Crippen molar-refractivity contribution in [2.24, 2.45) is 4.99 Å². The van der Waals surface area contributed by atoms with Crippen LogP contribution in [0, 0.1) is 0 Å². The normalized spacial score (nSPS) is 12.8. The van der Waals surface area contributed by atoms with Crippen molar-refractivity contribution >= 4 is 37.4 Å². The number of fused-ring (bicyclic) bond motifs is 2. The molecule has 0 radical (unpaired) electrons. The van der Waals surface area contributed by atoms with Gasteiger partial charge in [0.1, 0.15) is 0 Å². The number of hydrogen-bond acceptors (Lipinski definition) is 5. The molecule has 0 aromatic heterocycles. The number of rotatable bonds is 2. The van der Waals surface area contributed by atoms with Crippen LogP contribution in [-0.2, 0) is 10.1 Å². The molecule has 124 valence electrons. The van der Waals surface area contributed by atoms with Crippen LogP contribution >= 0.6 is 11.3 Å². The average Bonchev–Trinajstić information content (AvgIpc) is 2.59. The van der Waals surface area contributed by atoms with Gasteiger partial charge in [-0.3, -0.25) is 4.55 Å². The minimum Gasteiger partial charge on any atom is -0.282 e. The third kappa shape index (κ3) is 3.30. The monoisotopic (exact) mass is 368 g/mol. The number of para-hydroxylation sites is 1. The van der Waals surface area contributed by atoms with Gasteiger partial charge in [-0.2, -0.15) is 8.42 Å². The summed E-state index contributed by atoms with van der Waals surface area (Å²) in [6.45, 7) is 0. The molecule has 1 aliphatic heterocycles. The fraction of sp³-hybridized carbons (Fsp3) is 0. The molecule has 0 amide bonds. The fourth-order valence-corrected chi connectivity index (χ4v) is 4.01. The lowest BCUT2D eigenvalue weighted by atomic mass is 10.2. The molecule has 5 nitrogen and oxygen atoms in total. The highest BCUT2D eigenvalue weighted by Crippen LogP contribution is 2.29. The van der Waals surface area contributed by atoms with E-state index in [1.54, 1.807) is 23.5 Å². The summed E-state index contributed by atoms with van der Waals surface area (Å²) in [4.78, 5) is 9.89. The van der Waals surface area contributed by atoms with E-state index < -0.39 is 10.1 Å². The smallest absolute Gasteiger partial charge is 0.282 e. The van der Waals surface area contributed by atoms with Crippen LogP contribution in [0.25, 0.3) is 20.8 Å². The summed E-state index contributed by atoms with van der Waals surface area (Å²) in [5.74, 6) is 0. The Morgan fingerprint density at radius 3 is 2.64 bits per heavy atom. The third-order valence-electron chi connectivity index (χ3n) is 3.64. The summed E-state index contributed by atoms with van der Waals surface area (Å²) in [5, 5.41) is 0.688. The van der Waals surface area contributed by atoms with Crippen molar-refractivity contribution in [2.75, 3.05) is 0 Å². The van der Waals surface area contributed by atoms with Crippen molar-refractivity contribution in [3.05, 3.63) is 72.1 Å². The van der Waals surface area contributed by atoms with E-state index in [1.807, 2.05) is 42.5 Å². The molecule has 2 aliphatic rings. The van der Waals surface area contributed by atoms with E-state index in [4.69, 9.17) is 4.55 Å². The predicted octanol–water partition coefficient (Wildman–Crippen LogP) is 3.88. The van der Waals surface area contributed by atoms with Crippen LogP contribution in [0.15, 0.2) is 76.6 Å². The predicted molar refractivity (Wildman–Crippen MR) is 97.7 cm³/mol. The van der Waals surface area contributed by atoms with E-state index in [0.717, 1.165) is 20.8 Å². The first-order valence-corrected chi connectivity index (χ1v) is 9.67. The molecule has 0 fully saturated rings. The van der Waals surface area contributed by atoms with Gasteiger partial charge in [-0.05, 0) is 48.5 Å². The van der Waals surface area contributed by atoms with Crippen molar-refractivity contribution in [3.8, 4) is 10.6 Å².